The second-order valence-electron chi connectivity index (χ2n) is 6.48. The highest BCUT2D eigenvalue weighted by atomic mass is 16.5. The minimum atomic E-state index is 0.0989. The lowest BCUT2D eigenvalue weighted by Crippen LogP contribution is -2.19. The Hall–Kier alpha value is -2.88. The van der Waals surface area contributed by atoms with Crippen molar-refractivity contribution in [1.82, 2.24) is 10.3 Å². The number of benzene rings is 2. The molecule has 1 aromatic heterocycles. The SMILES string of the molecule is C=CNC(Cc1c[nH]c2ccccc12)c1cc(OCC)c(OC)cc1CC. The van der Waals surface area contributed by atoms with Gasteiger partial charge in [-0.15, -0.1) is 0 Å². The molecule has 2 aromatic carbocycles. The number of ether oxygens (including phenoxy) is 2. The maximum absolute atomic E-state index is 5.82. The van der Waals surface area contributed by atoms with Crippen LogP contribution < -0.4 is 14.8 Å². The number of hydrogen-bond donors (Lipinski definition) is 2. The zero-order valence-electron chi connectivity index (χ0n) is 16.3. The molecule has 0 fully saturated rings. The summed E-state index contributed by atoms with van der Waals surface area (Å²) in [4.78, 5) is 3.37. The van der Waals surface area contributed by atoms with Crippen LogP contribution in [0, 0.1) is 0 Å². The third kappa shape index (κ3) is 3.95. The standard InChI is InChI=1S/C23H28N2O2/c1-5-16-13-22(26-4)23(27-7-3)14-19(16)21(24-6-2)12-17-15-25-20-11-9-8-10-18(17)20/h6,8-11,13-15,21,24-25H,2,5,7,12H2,1,3-4H3. The van der Waals surface area contributed by atoms with E-state index in [2.05, 4.69) is 66.4 Å². The first kappa shape index (κ1) is 18.9. The number of para-hydroxylation sites is 1. The second-order valence-corrected chi connectivity index (χ2v) is 6.48. The summed E-state index contributed by atoms with van der Waals surface area (Å²) in [5.41, 5.74) is 4.90. The van der Waals surface area contributed by atoms with E-state index in [0.29, 0.717) is 6.61 Å². The van der Waals surface area contributed by atoms with Crippen molar-refractivity contribution in [2.24, 2.45) is 0 Å². The van der Waals surface area contributed by atoms with E-state index < -0.39 is 0 Å². The van der Waals surface area contributed by atoms with Gasteiger partial charge in [-0.2, -0.15) is 0 Å². The molecule has 0 spiro atoms. The van der Waals surface area contributed by atoms with E-state index in [-0.39, 0.29) is 6.04 Å². The van der Waals surface area contributed by atoms with Crippen LogP contribution >= 0.6 is 0 Å². The summed E-state index contributed by atoms with van der Waals surface area (Å²) >= 11 is 0. The first-order valence-electron chi connectivity index (χ1n) is 9.47. The van der Waals surface area contributed by atoms with E-state index >= 15 is 0 Å². The van der Waals surface area contributed by atoms with E-state index in [9.17, 15) is 0 Å². The molecule has 1 atom stereocenters. The topological polar surface area (TPSA) is 46.3 Å². The fourth-order valence-corrected chi connectivity index (χ4v) is 3.60. The molecule has 2 N–H and O–H groups in total. The van der Waals surface area contributed by atoms with Crippen LogP contribution in [0.5, 0.6) is 11.5 Å². The molecule has 0 saturated heterocycles. The predicted molar refractivity (Wildman–Crippen MR) is 112 cm³/mol. The molecule has 4 nitrogen and oxygen atoms in total. The van der Waals surface area contributed by atoms with Crippen LogP contribution in [0.25, 0.3) is 10.9 Å². The van der Waals surface area contributed by atoms with Crippen LogP contribution in [0.2, 0.25) is 0 Å². The quantitative estimate of drug-likeness (QED) is 0.552. The lowest BCUT2D eigenvalue weighted by atomic mass is 9.93. The third-order valence-corrected chi connectivity index (χ3v) is 4.90. The van der Waals surface area contributed by atoms with Crippen molar-refractivity contribution in [3.8, 4) is 11.5 Å². The van der Waals surface area contributed by atoms with E-state index in [1.807, 2.05) is 6.92 Å². The van der Waals surface area contributed by atoms with Crippen molar-refractivity contribution in [2.45, 2.75) is 32.7 Å². The molecule has 27 heavy (non-hydrogen) atoms. The van der Waals surface area contributed by atoms with Gasteiger partial charge in [0.2, 0.25) is 0 Å². The molecule has 3 rings (SSSR count). The Kier molecular flexibility index (Phi) is 6.07. The lowest BCUT2D eigenvalue weighted by Gasteiger charge is -2.23. The van der Waals surface area contributed by atoms with Crippen LogP contribution in [0.1, 0.15) is 36.6 Å². The molecule has 0 aliphatic heterocycles. The Labute approximate surface area is 161 Å². The Morgan fingerprint density at radius 3 is 2.67 bits per heavy atom. The van der Waals surface area contributed by atoms with E-state index in [0.717, 1.165) is 29.9 Å². The first-order valence-corrected chi connectivity index (χ1v) is 9.47. The van der Waals surface area contributed by atoms with Gasteiger partial charge < -0.3 is 19.8 Å². The molecule has 4 heteroatoms. The molecule has 142 valence electrons. The van der Waals surface area contributed by atoms with Gasteiger partial charge in [-0.25, -0.2) is 0 Å². The first-order chi connectivity index (χ1) is 13.2. The summed E-state index contributed by atoms with van der Waals surface area (Å²) < 4.78 is 11.3. The van der Waals surface area contributed by atoms with Gasteiger partial charge in [0.05, 0.1) is 19.8 Å². The molecule has 0 radical (unpaired) electrons. The summed E-state index contributed by atoms with van der Waals surface area (Å²) in [7, 11) is 1.68. The smallest absolute Gasteiger partial charge is 0.161 e. The largest absolute Gasteiger partial charge is 0.493 e. The van der Waals surface area contributed by atoms with Gasteiger partial charge in [0.15, 0.2) is 11.5 Å². The zero-order chi connectivity index (χ0) is 19.2. The van der Waals surface area contributed by atoms with Crippen molar-refractivity contribution in [3.63, 3.8) is 0 Å². The molecule has 1 unspecified atom stereocenters. The highest BCUT2D eigenvalue weighted by Gasteiger charge is 2.19. The van der Waals surface area contributed by atoms with E-state index in [1.54, 1.807) is 13.3 Å². The van der Waals surface area contributed by atoms with E-state index in [1.165, 1.54) is 22.1 Å². The average molecular weight is 364 g/mol. The average Bonchev–Trinajstić information content (AvgIpc) is 3.10. The molecule has 0 amide bonds. The lowest BCUT2D eigenvalue weighted by molar-refractivity contribution is 0.310. The maximum atomic E-state index is 5.82. The number of fused-ring (bicyclic) bond motifs is 1. The Morgan fingerprint density at radius 1 is 1.15 bits per heavy atom. The van der Waals surface area contributed by atoms with Crippen LogP contribution in [0.3, 0.4) is 0 Å². The monoisotopic (exact) mass is 364 g/mol. The number of rotatable bonds is 9. The minimum absolute atomic E-state index is 0.0989. The van der Waals surface area contributed by atoms with Gasteiger partial charge in [-0.3, -0.25) is 0 Å². The number of H-pyrrole nitrogens is 1. The molecular weight excluding hydrogens is 336 g/mol. The number of methoxy groups -OCH3 is 1. The number of nitrogens with one attached hydrogen (secondary N) is 2. The third-order valence-electron chi connectivity index (χ3n) is 4.90. The summed E-state index contributed by atoms with van der Waals surface area (Å²) in [5, 5.41) is 4.69. The summed E-state index contributed by atoms with van der Waals surface area (Å²) in [6, 6.07) is 12.7. The fourth-order valence-electron chi connectivity index (χ4n) is 3.60. The van der Waals surface area contributed by atoms with E-state index in [4.69, 9.17) is 9.47 Å². The fraction of sp³-hybridized carbons (Fsp3) is 0.304. The van der Waals surface area contributed by atoms with Crippen LogP contribution in [0.15, 0.2) is 55.4 Å². The number of aromatic amines is 1. The summed E-state index contributed by atoms with van der Waals surface area (Å²) in [6.07, 6.45) is 5.63. The zero-order valence-corrected chi connectivity index (χ0v) is 16.3. The summed E-state index contributed by atoms with van der Waals surface area (Å²) in [5.74, 6) is 1.56. The normalized spacial score (nSPS) is 12.0. The Morgan fingerprint density at radius 2 is 1.96 bits per heavy atom. The summed E-state index contributed by atoms with van der Waals surface area (Å²) in [6.45, 7) is 8.64. The van der Waals surface area contributed by atoms with Gasteiger partial charge in [0.25, 0.3) is 0 Å². The minimum Gasteiger partial charge on any atom is -0.493 e. The predicted octanol–water partition coefficient (Wildman–Crippen LogP) is 5.15. The molecule has 0 saturated carbocycles. The second kappa shape index (κ2) is 8.67. The number of hydrogen-bond acceptors (Lipinski definition) is 3. The molecule has 1 heterocycles. The Balaban J connectivity index is 2.03. The molecule has 0 aliphatic carbocycles. The van der Waals surface area contributed by atoms with Crippen molar-refractivity contribution in [3.05, 3.63) is 72.1 Å². The Bertz CT molecular complexity index is 914. The van der Waals surface area contributed by atoms with Gasteiger partial charge in [-0.05, 0) is 60.9 Å². The molecule has 3 aromatic rings. The van der Waals surface area contributed by atoms with Crippen LogP contribution in [-0.2, 0) is 12.8 Å². The van der Waals surface area contributed by atoms with Gasteiger partial charge in [-0.1, -0.05) is 31.7 Å². The van der Waals surface area contributed by atoms with Crippen molar-refractivity contribution in [1.29, 1.82) is 0 Å². The number of aryl methyl sites for hydroxylation is 1. The van der Waals surface area contributed by atoms with Crippen molar-refractivity contribution >= 4 is 10.9 Å². The number of aromatic nitrogens is 1. The van der Waals surface area contributed by atoms with Gasteiger partial charge in [0, 0.05) is 17.1 Å². The highest BCUT2D eigenvalue weighted by Crippen LogP contribution is 2.35. The molecular formula is C23H28N2O2. The maximum Gasteiger partial charge on any atom is 0.161 e. The van der Waals surface area contributed by atoms with Crippen molar-refractivity contribution in [2.75, 3.05) is 13.7 Å². The molecule has 0 bridgehead atoms. The molecule has 0 aliphatic rings. The van der Waals surface area contributed by atoms with Gasteiger partial charge >= 0.3 is 0 Å². The van der Waals surface area contributed by atoms with Crippen LogP contribution in [0.4, 0.5) is 0 Å². The van der Waals surface area contributed by atoms with Gasteiger partial charge in [0.1, 0.15) is 0 Å². The van der Waals surface area contributed by atoms with Crippen LogP contribution in [-0.4, -0.2) is 18.7 Å². The highest BCUT2D eigenvalue weighted by molar-refractivity contribution is 5.83. The van der Waals surface area contributed by atoms with Crippen molar-refractivity contribution < 1.29 is 9.47 Å².